The minimum Gasteiger partial charge on any atom is -0.492 e. The highest BCUT2D eigenvalue weighted by atomic mass is 16.5. The van der Waals surface area contributed by atoms with Crippen LogP contribution >= 0.6 is 0 Å². The second kappa shape index (κ2) is 7.14. The third-order valence-electron chi connectivity index (χ3n) is 3.54. The Balaban J connectivity index is 1.95. The fourth-order valence-corrected chi connectivity index (χ4v) is 2.31. The summed E-state index contributed by atoms with van der Waals surface area (Å²) in [4.78, 5) is 16.5. The molecule has 0 spiro atoms. The molecule has 1 heterocycles. The Hall–Kier alpha value is -1.75. The van der Waals surface area contributed by atoms with Gasteiger partial charge in [0.25, 0.3) is 0 Å². The van der Waals surface area contributed by atoms with Gasteiger partial charge in [0.1, 0.15) is 5.75 Å². The molecular formula is C15H23N3O2. The van der Waals surface area contributed by atoms with E-state index in [0.29, 0.717) is 6.61 Å². The summed E-state index contributed by atoms with van der Waals surface area (Å²) >= 11 is 0. The number of para-hydroxylation sites is 2. The Labute approximate surface area is 120 Å². The standard InChI is InChI=1S/C15H23N3O2/c1-3-17-9-11-18(12-10-17)15(19)16-13-7-5-6-8-14(13)20-4-2/h5-8H,3-4,9-12H2,1-2H3,(H,16,19). The summed E-state index contributed by atoms with van der Waals surface area (Å²) in [5.74, 6) is 0.718. The molecule has 0 saturated carbocycles. The predicted octanol–water partition coefficient (Wildman–Crippen LogP) is 2.25. The number of amides is 2. The highest BCUT2D eigenvalue weighted by Gasteiger charge is 2.20. The maximum absolute atomic E-state index is 12.3. The first kappa shape index (κ1) is 14.7. The summed E-state index contributed by atoms with van der Waals surface area (Å²) in [6.07, 6.45) is 0. The Kier molecular flexibility index (Phi) is 5.24. The van der Waals surface area contributed by atoms with Gasteiger partial charge in [-0.2, -0.15) is 0 Å². The molecule has 5 heteroatoms. The minimum atomic E-state index is -0.0482. The van der Waals surface area contributed by atoms with Crippen molar-refractivity contribution in [1.29, 1.82) is 0 Å². The molecule has 5 nitrogen and oxygen atoms in total. The lowest BCUT2D eigenvalue weighted by Crippen LogP contribution is -2.49. The van der Waals surface area contributed by atoms with E-state index in [9.17, 15) is 4.79 Å². The van der Waals surface area contributed by atoms with E-state index in [1.807, 2.05) is 36.1 Å². The molecule has 1 saturated heterocycles. The summed E-state index contributed by atoms with van der Waals surface area (Å²) in [6, 6.07) is 7.49. The Morgan fingerprint density at radius 3 is 2.55 bits per heavy atom. The molecule has 0 aromatic heterocycles. The first-order valence-electron chi connectivity index (χ1n) is 7.24. The summed E-state index contributed by atoms with van der Waals surface area (Å²) in [7, 11) is 0. The number of rotatable bonds is 4. The van der Waals surface area contributed by atoms with Gasteiger partial charge in [0, 0.05) is 26.2 Å². The van der Waals surface area contributed by atoms with Gasteiger partial charge in [-0.1, -0.05) is 19.1 Å². The lowest BCUT2D eigenvalue weighted by molar-refractivity contribution is 0.151. The predicted molar refractivity (Wildman–Crippen MR) is 80.3 cm³/mol. The van der Waals surface area contributed by atoms with Gasteiger partial charge < -0.3 is 19.9 Å². The molecule has 2 amide bonds. The molecule has 1 aromatic carbocycles. The molecule has 0 radical (unpaired) electrons. The first-order valence-corrected chi connectivity index (χ1v) is 7.24. The van der Waals surface area contributed by atoms with Crippen LogP contribution in [0.4, 0.5) is 10.5 Å². The topological polar surface area (TPSA) is 44.8 Å². The van der Waals surface area contributed by atoms with Gasteiger partial charge in [0.15, 0.2) is 0 Å². The van der Waals surface area contributed by atoms with Crippen LogP contribution in [0.25, 0.3) is 0 Å². The second-order valence-electron chi connectivity index (χ2n) is 4.78. The largest absolute Gasteiger partial charge is 0.492 e. The van der Waals surface area contributed by atoms with Crippen LogP contribution in [-0.2, 0) is 0 Å². The van der Waals surface area contributed by atoms with Crippen LogP contribution in [0.5, 0.6) is 5.75 Å². The normalized spacial score (nSPS) is 16.0. The van der Waals surface area contributed by atoms with E-state index < -0.39 is 0 Å². The van der Waals surface area contributed by atoms with Gasteiger partial charge in [-0.05, 0) is 25.6 Å². The number of nitrogens with zero attached hydrogens (tertiary/aromatic N) is 2. The van der Waals surface area contributed by atoms with E-state index >= 15 is 0 Å². The molecule has 1 aliphatic rings. The second-order valence-corrected chi connectivity index (χ2v) is 4.78. The number of ether oxygens (including phenoxy) is 1. The SMILES string of the molecule is CCOc1ccccc1NC(=O)N1CCN(CC)CC1. The molecule has 0 atom stereocenters. The van der Waals surface area contributed by atoms with Crippen molar-refractivity contribution in [3.05, 3.63) is 24.3 Å². The van der Waals surface area contributed by atoms with E-state index in [4.69, 9.17) is 4.74 Å². The van der Waals surface area contributed by atoms with Crippen LogP contribution < -0.4 is 10.1 Å². The monoisotopic (exact) mass is 277 g/mol. The molecule has 2 rings (SSSR count). The van der Waals surface area contributed by atoms with Gasteiger partial charge in [0.2, 0.25) is 0 Å². The Bertz CT molecular complexity index is 442. The first-order chi connectivity index (χ1) is 9.74. The average molecular weight is 277 g/mol. The minimum absolute atomic E-state index is 0.0482. The van der Waals surface area contributed by atoms with Gasteiger partial charge >= 0.3 is 6.03 Å². The number of carbonyl (C=O) groups is 1. The quantitative estimate of drug-likeness (QED) is 0.918. The van der Waals surface area contributed by atoms with Crippen LogP contribution in [0.1, 0.15) is 13.8 Å². The van der Waals surface area contributed by atoms with E-state index in [2.05, 4.69) is 17.1 Å². The van der Waals surface area contributed by atoms with Gasteiger partial charge in [-0.3, -0.25) is 0 Å². The zero-order valence-corrected chi connectivity index (χ0v) is 12.3. The average Bonchev–Trinajstić information content (AvgIpc) is 2.49. The van der Waals surface area contributed by atoms with Crippen LogP contribution in [0, 0.1) is 0 Å². The zero-order chi connectivity index (χ0) is 14.4. The van der Waals surface area contributed by atoms with E-state index in [-0.39, 0.29) is 6.03 Å². The highest BCUT2D eigenvalue weighted by molar-refractivity contribution is 5.91. The number of urea groups is 1. The van der Waals surface area contributed by atoms with Crippen molar-refractivity contribution in [2.45, 2.75) is 13.8 Å². The van der Waals surface area contributed by atoms with Crippen LogP contribution in [0.2, 0.25) is 0 Å². The fourth-order valence-electron chi connectivity index (χ4n) is 2.31. The maximum Gasteiger partial charge on any atom is 0.322 e. The van der Waals surface area contributed by atoms with Crippen molar-refractivity contribution in [2.75, 3.05) is 44.6 Å². The molecule has 1 N–H and O–H groups in total. The Morgan fingerprint density at radius 2 is 1.90 bits per heavy atom. The van der Waals surface area contributed by atoms with Crippen molar-refractivity contribution in [3.8, 4) is 5.75 Å². The molecule has 110 valence electrons. The molecule has 1 aromatic rings. The number of likely N-dealkylation sites (N-methyl/N-ethyl adjacent to an activating group) is 1. The zero-order valence-electron chi connectivity index (χ0n) is 12.3. The van der Waals surface area contributed by atoms with Gasteiger partial charge in [-0.15, -0.1) is 0 Å². The van der Waals surface area contributed by atoms with Crippen molar-refractivity contribution < 1.29 is 9.53 Å². The van der Waals surface area contributed by atoms with E-state index in [1.54, 1.807) is 0 Å². The number of piperazine rings is 1. The lowest BCUT2D eigenvalue weighted by Gasteiger charge is -2.34. The summed E-state index contributed by atoms with van der Waals surface area (Å²) in [5.41, 5.74) is 0.734. The van der Waals surface area contributed by atoms with Crippen molar-refractivity contribution in [3.63, 3.8) is 0 Å². The van der Waals surface area contributed by atoms with Crippen molar-refractivity contribution >= 4 is 11.7 Å². The third kappa shape index (κ3) is 3.63. The maximum atomic E-state index is 12.3. The Morgan fingerprint density at radius 1 is 1.20 bits per heavy atom. The third-order valence-corrected chi connectivity index (χ3v) is 3.54. The molecule has 0 bridgehead atoms. The number of hydrogen-bond acceptors (Lipinski definition) is 3. The molecule has 0 aliphatic carbocycles. The van der Waals surface area contributed by atoms with Crippen molar-refractivity contribution in [1.82, 2.24) is 9.80 Å². The van der Waals surface area contributed by atoms with E-state index in [1.165, 1.54) is 0 Å². The summed E-state index contributed by atoms with van der Waals surface area (Å²) in [5, 5.41) is 2.94. The van der Waals surface area contributed by atoms with E-state index in [0.717, 1.165) is 44.2 Å². The fraction of sp³-hybridized carbons (Fsp3) is 0.533. The number of nitrogens with one attached hydrogen (secondary N) is 1. The molecule has 1 aliphatic heterocycles. The molecule has 0 unspecified atom stereocenters. The number of anilines is 1. The van der Waals surface area contributed by atoms with Crippen LogP contribution in [0.3, 0.4) is 0 Å². The van der Waals surface area contributed by atoms with Gasteiger partial charge in [-0.25, -0.2) is 4.79 Å². The molecular weight excluding hydrogens is 254 g/mol. The van der Waals surface area contributed by atoms with Crippen LogP contribution in [-0.4, -0.2) is 55.2 Å². The van der Waals surface area contributed by atoms with Gasteiger partial charge in [0.05, 0.1) is 12.3 Å². The smallest absolute Gasteiger partial charge is 0.322 e. The molecule has 1 fully saturated rings. The number of hydrogen-bond donors (Lipinski definition) is 1. The van der Waals surface area contributed by atoms with Crippen molar-refractivity contribution in [2.24, 2.45) is 0 Å². The lowest BCUT2D eigenvalue weighted by atomic mass is 10.3. The van der Waals surface area contributed by atoms with Crippen LogP contribution in [0.15, 0.2) is 24.3 Å². The summed E-state index contributed by atoms with van der Waals surface area (Å²) in [6.45, 7) is 9.14. The highest BCUT2D eigenvalue weighted by Crippen LogP contribution is 2.24. The number of carbonyl (C=O) groups excluding carboxylic acids is 1. The number of benzene rings is 1. The summed E-state index contributed by atoms with van der Waals surface area (Å²) < 4.78 is 5.52. The molecule has 20 heavy (non-hydrogen) atoms.